The molecule has 0 bridgehead atoms. The summed E-state index contributed by atoms with van der Waals surface area (Å²) < 4.78 is 5.09. The molecule has 0 aliphatic rings. The summed E-state index contributed by atoms with van der Waals surface area (Å²) in [6.07, 6.45) is 0.186. The van der Waals surface area contributed by atoms with Crippen LogP contribution in [0.1, 0.15) is 23.2 Å². The van der Waals surface area contributed by atoms with Crippen molar-refractivity contribution in [3.8, 4) is 11.3 Å². The summed E-state index contributed by atoms with van der Waals surface area (Å²) >= 11 is 1.41. The number of hydrogen-bond acceptors (Lipinski definition) is 7. The van der Waals surface area contributed by atoms with Crippen LogP contribution in [0.2, 0.25) is 0 Å². The Labute approximate surface area is 156 Å². The van der Waals surface area contributed by atoms with Crippen LogP contribution < -0.4 is 5.32 Å². The molecule has 0 saturated heterocycles. The average molecular weight is 368 g/mol. The van der Waals surface area contributed by atoms with E-state index in [0.29, 0.717) is 17.7 Å². The first-order valence-electron chi connectivity index (χ1n) is 8.35. The quantitative estimate of drug-likeness (QED) is 0.661. The van der Waals surface area contributed by atoms with Gasteiger partial charge >= 0.3 is 5.97 Å². The highest BCUT2D eigenvalue weighted by Crippen LogP contribution is 2.32. The summed E-state index contributed by atoms with van der Waals surface area (Å²) in [4.78, 5) is 26.2. The summed E-state index contributed by atoms with van der Waals surface area (Å²) in [7, 11) is 0. The average Bonchev–Trinajstić information content (AvgIpc) is 2.97. The van der Waals surface area contributed by atoms with E-state index >= 15 is 0 Å². The van der Waals surface area contributed by atoms with Crippen molar-refractivity contribution in [2.24, 2.45) is 0 Å². The zero-order chi connectivity index (χ0) is 18.5. The molecular formula is C19H20N4O2S. The number of carbonyl (C=O) groups excluding carboxylic acids is 1. The number of hydrogen-bond donors (Lipinski definition) is 1. The lowest BCUT2D eigenvalue weighted by molar-refractivity contribution is -0.142. The van der Waals surface area contributed by atoms with Crippen molar-refractivity contribution in [3.05, 3.63) is 52.7 Å². The molecule has 0 atom stereocenters. The SMILES string of the molecule is CCOC(=O)Cc1sc(Nc2nc(C)cc(C)n2)nc1-c1ccccc1. The lowest BCUT2D eigenvalue weighted by Crippen LogP contribution is -2.07. The van der Waals surface area contributed by atoms with E-state index in [1.165, 1.54) is 11.3 Å². The van der Waals surface area contributed by atoms with Gasteiger partial charge in [0.05, 0.1) is 18.7 Å². The van der Waals surface area contributed by atoms with Gasteiger partial charge in [0.2, 0.25) is 5.95 Å². The minimum absolute atomic E-state index is 0.186. The van der Waals surface area contributed by atoms with Crippen LogP contribution in [0.5, 0.6) is 0 Å². The van der Waals surface area contributed by atoms with E-state index in [2.05, 4.69) is 20.3 Å². The Morgan fingerprint density at radius 1 is 1.12 bits per heavy atom. The molecular weight excluding hydrogens is 348 g/mol. The second-order valence-electron chi connectivity index (χ2n) is 5.74. The zero-order valence-corrected chi connectivity index (χ0v) is 15.8. The van der Waals surface area contributed by atoms with E-state index in [0.717, 1.165) is 27.5 Å². The Kier molecular flexibility index (Phi) is 5.58. The summed E-state index contributed by atoms with van der Waals surface area (Å²) in [5, 5.41) is 3.80. The fraction of sp³-hybridized carbons (Fsp3) is 0.263. The summed E-state index contributed by atoms with van der Waals surface area (Å²) in [6, 6.07) is 11.7. The van der Waals surface area contributed by atoms with E-state index in [1.54, 1.807) is 6.92 Å². The largest absolute Gasteiger partial charge is 0.466 e. The van der Waals surface area contributed by atoms with E-state index < -0.39 is 0 Å². The molecule has 3 rings (SSSR count). The number of thiazole rings is 1. The number of nitrogens with zero attached hydrogens (tertiary/aromatic N) is 3. The number of anilines is 2. The highest BCUT2D eigenvalue weighted by atomic mass is 32.1. The smallest absolute Gasteiger partial charge is 0.311 e. The number of esters is 1. The Morgan fingerprint density at radius 2 is 1.81 bits per heavy atom. The van der Waals surface area contributed by atoms with Gasteiger partial charge in [-0.05, 0) is 26.8 Å². The summed E-state index contributed by atoms with van der Waals surface area (Å²) in [6.45, 7) is 6.00. The highest BCUT2D eigenvalue weighted by molar-refractivity contribution is 7.16. The molecule has 0 saturated carbocycles. The molecule has 26 heavy (non-hydrogen) atoms. The fourth-order valence-electron chi connectivity index (χ4n) is 2.57. The number of ether oxygens (including phenoxy) is 1. The molecule has 0 spiro atoms. The van der Waals surface area contributed by atoms with Gasteiger partial charge in [-0.25, -0.2) is 15.0 Å². The molecule has 1 aromatic carbocycles. The van der Waals surface area contributed by atoms with Crippen molar-refractivity contribution in [3.63, 3.8) is 0 Å². The van der Waals surface area contributed by atoms with Crippen LogP contribution in [0.3, 0.4) is 0 Å². The molecule has 6 nitrogen and oxygen atoms in total. The Bertz CT molecular complexity index is 889. The normalized spacial score (nSPS) is 10.6. The molecule has 0 fully saturated rings. The molecule has 3 aromatic rings. The first-order chi connectivity index (χ1) is 12.5. The summed E-state index contributed by atoms with van der Waals surface area (Å²) in [5.74, 6) is 0.237. The number of aryl methyl sites for hydroxylation is 2. The van der Waals surface area contributed by atoms with Crippen molar-refractivity contribution >= 4 is 28.4 Å². The minimum Gasteiger partial charge on any atom is -0.466 e. The number of aromatic nitrogens is 3. The molecule has 0 amide bonds. The maximum absolute atomic E-state index is 12.0. The van der Waals surface area contributed by atoms with Gasteiger partial charge < -0.3 is 10.1 Å². The van der Waals surface area contributed by atoms with Gasteiger partial charge in [0.25, 0.3) is 0 Å². The molecule has 2 heterocycles. The first-order valence-corrected chi connectivity index (χ1v) is 9.17. The minimum atomic E-state index is -0.262. The topological polar surface area (TPSA) is 77.0 Å². The van der Waals surface area contributed by atoms with Gasteiger partial charge in [0.1, 0.15) is 0 Å². The van der Waals surface area contributed by atoms with E-state index in [4.69, 9.17) is 4.74 Å². The molecule has 2 aromatic heterocycles. The van der Waals surface area contributed by atoms with E-state index in [-0.39, 0.29) is 12.4 Å². The maximum Gasteiger partial charge on any atom is 0.311 e. The number of rotatable bonds is 6. The van der Waals surface area contributed by atoms with Crippen LogP contribution in [0.15, 0.2) is 36.4 Å². The van der Waals surface area contributed by atoms with Gasteiger partial charge in [0.15, 0.2) is 5.13 Å². The zero-order valence-electron chi connectivity index (χ0n) is 14.9. The van der Waals surface area contributed by atoms with Crippen molar-refractivity contribution < 1.29 is 9.53 Å². The molecule has 0 unspecified atom stereocenters. The van der Waals surface area contributed by atoms with Gasteiger partial charge in [0, 0.05) is 21.8 Å². The molecule has 1 N–H and O–H groups in total. The van der Waals surface area contributed by atoms with Crippen LogP contribution in [-0.2, 0) is 16.0 Å². The number of benzene rings is 1. The first kappa shape index (κ1) is 18.0. The molecule has 134 valence electrons. The molecule has 0 aliphatic heterocycles. The Hall–Kier alpha value is -2.80. The van der Waals surface area contributed by atoms with Gasteiger partial charge in [-0.1, -0.05) is 30.3 Å². The third-order valence-electron chi connectivity index (χ3n) is 3.56. The van der Waals surface area contributed by atoms with Gasteiger partial charge in [-0.2, -0.15) is 0 Å². The predicted octanol–water partition coefficient (Wildman–Crippen LogP) is 4.07. The molecule has 0 radical (unpaired) electrons. The van der Waals surface area contributed by atoms with E-state index in [9.17, 15) is 4.79 Å². The van der Waals surface area contributed by atoms with Crippen LogP contribution >= 0.6 is 11.3 Å². The van der Waals surface area contributed by atoms with Crippen molar-refractivity contribution in [1.29, 1.82) is 0 Å². The van der Waals surface area contributed by atoms with Crippen LogP contribution in [0.4, 0.5) is 11.1 Å². The van der Waals surface area contributed by atoms with Crippen molar-refractivity contribution in [2.45, 2.75) is 27.2 Å². The van der Waals surface area contributed by atoms with Gasteiger partial charge in [-0.15, -0.1) is 11.3 Å². The van der Waals surface area contributed by atoms with Crippen molar-refractivity contribution in [2.75, 3.05) is 11.9 Å². The standard InChI is InChI=1S/C19H20N4O2S/c1-4-25-16(24)11-15-17(14-8-6-5-7-9-14)22-19(26-15)23-18-20-12(2)10-13(3)21-18/h5-10H,4,11H2,1-3H3,(H,20,21,22,23). The second kappa shape index (κ2) is 8.05. The number of carbonyl (C=O) groups is 1. The third kappa shape index (κ3) is 4.43. The number of nitrogens with one attached hydrogen (secondary N) is 1. The fourth-order valence-corrected chi connectivity index (χ4v) is 3.53. The summed E-state index contributed by atoms with van der Waals surface area (Å²) in [5.41, 5.74) is 3.49. The maximum atomic E-state index is 12.0. The Morgan fingerprint density at radius 3 is 2.46 bits per heavy atom. The second-order valence-corrected chi connectivity index (χ2v) is 6.82. The third-order valence-corrected chi connectivity index (χ3v) is 4.53. The Balaban J connectivity index is 1.93. The van der Waals surface area contributed by atoms with E-state index in [1.807, 2.05) is 50.2 Å². The molecule has 0 aliphatic carbocycles. The monoisotopic (exact) mass is 368 g/mol. The van der Waals surface area contributed by atoms with Crippen LogP contribution in [0.25, 0.3) is 11.3 Å². The molecule has 7 heteroatoms. The van der Waals surface area contributed by atoms with Gasteiger partial charge in [-0.3, -0.25) is 4.79 Å². The lowest BCUT2D eigenvalue weighted by Gasteiger charge is -2.03. The highest BCUT2D eigenvalue weighted by Gasteiger charge is 2.17. The van der Waals surface area contributed by atoms with Crippen LogP contribution in [-0.4, -0.2) is 27.5 Å². The lowest BCUT2D eigenvalue weighted by atomic mass is 10.1. The van der Waals surface area contributed by atoms with Crippen molar-refractivity contribution in [1.82, 2.24) is 15.0 Å². The van der Waals surface area contributed by atoms with Crippen LogP contribution in [0, 0.1) is 13.8 Å². The predicted molar refractivity (Wildman–Crippen MR) is 103 cm³/mol.